The first kappa shape index (κ1) is 16.0. The predicted octanol–water partition coefficient (Wildman–Crippen LogP) is 1.33. The van der Waals surface area contributed by atoms with Crippen molar-refractivity contribution in [3.63, 3.8) is 0 Å². The molecule has 2 heterocycles. The Kier molecular flexibility index (Phi) is 5.31. The molecule has 0 spiro atoms. The zero-order valence-electron chi connectivity index (χ0n) is 13.5. The summed E-state index contributed by atoms with van der Waals surface area (Å²) >= 11 is 1.69. The number of rotatable bonds is 5. The van der Waals surface area contributed by atoms with E-state index in [0.29, 0.717) is 6.54 Å². The van der Waals surface area contributed by atoms with Crippen LogP contribution in [0.1, 0.15) is 17.8 Å². The lowest BCUT2D eigenvalue weighted by Gasteiger charge is -2.33. The summed E-state index contributed by atoms with van der Waals surface area (Å²) < 4.78 is 0. The number of hydrogen-bond donors (Lipinski definition) is 2. The van der Waals surface area contributed by atoms with E-state index in [4.69, 9.17) is 0 Å². The molecule has 0 radical (unpaired) electrons. The van der Waals surface area contributed by atoms with Crippen molar-refractivity contribution < 1.29 is 9.69 Å². The molecule has 1 aliphatic rings. The normalized spacial score (nSPS) is 17.0. The zero-order chi connectivity index (χ0) is 16.1. The highest BCUT2D eigenvalue weighted by Crippen LogP contribution is 2.17. The molecule has 1 atom stereocenters. The van der Waals surface area contributed by atoms with Crippen LogP contribution in [-0.4, -0.2) is 38.6 Å². The molecule has 122 valence electrons. The van der Waals surface area contributed by atoms with E-state index in [1.165, 1.54) is 15.5 Å². The number of thiophene rings is 1. The number of amides is 1. The predicted molar refractivity (Wildman–Crippen MR) is 95.1 cm³/mol. The molecule has 2 aromatic rings. The van der Waals surface area contributed by atoms with E-state index in [-0.39, 0.29) is 11.9 Å². The van der Waals surface area contributed by atoms with Crippen molar-refractivity contribution in [2.75, 3.05) is 37.6 Å². The molecule has 5 heteroatoms. The molecular formula is C18H24N3OS+. The number of nitrogens with zero attached hydrogens (tertiary/aromatic N) is 1. The SMILES string of the molecule is C[C@H](NC(=O)C[NH+]1CCN(c2ccccc2)CC1)c1cccs1. The summed E-state index contributed by atoms with van der Waals surface area (Å²) in [7, 11) is 0. The number of hydrogen-bond acceptors (Lipinski definition) is 3. The number of carbonyl (C=O) groups is 1. The molecule has 2 N–H and O–H groups in total. The number of carbonyl (C=O) groups excluding carboxylic acids is 1. The van der Waals surface area contributed by atoms with Crippen molar-refractivity contribution in [1.82, 2.24) is 5.32 Å². The van der Waals surface area contributed by atoms with Crippen LogP contribution < -0.4 is 15.1 Å². The molecule has 0 aliphatic carbocycles. The Balaban J connectivity index is 1.44. The van der Waals surface area contributed by atoms with Crippen LogP contribution in [0.15, 0.2) is 47.8 Å². The fraction of sp³-hybridized carbons (Fsp3) is 0.389. The summed E-state index contributed by atoms with van der Waals surface area (Å²) in [5.74, 6) is 0.147. The van der Waals surface area contributed by atoms with Gasteiger partial charge in [0, 0.05) is 10.6 Å². The third-order valence-corrected chi connectivity index (χ3v) is 5.40. The Morgan fingerprint density at radius 3 is 2.61 bits per heavy atom. The van der Waals surface area contributed by atoms with Gasteiger partial charge < -0.3 is 15.1 Å². The van der Waals surface area contributed by atoms with Crippen molar-refractivity contribution in [1.29, 1.82) is 0 Å². The molecule has 1 amide bonds. The maximum absolute atomic E-state index is 12.2. The van der Waals surface area contributed by atoms with Crippen LogP contribution in [0.25, 0.3) is 0 Å². The number of nitrogens with one attached hydrogen (secondary N) is 2. The molecule has 23 heavy (non-hydrogen) atoms. The number of benzene rings is 1. The fourth-order valence-electron chi connectivity index (χ4n) is 3.03. The molecule has 3 rings (SSSR count). The summed E-state index contributed by atoms with van der Waals surface area (Å²) in [6.07, 6.45) is 0. The molecule has 0 saturated carbocycles. The smallest absolute Gasteiger partial charge is 0.275 e. The highest BCUT2D eigenvalue weighted by molar-refractivity contribution is 7.10. The minimum absolute atomic E-state index is 0.104. The Bertz CT molecular complexity index is 606. The molecule has 1 aliphatic heterocycles. The number of piperazine rings is 1. The fourth-order valence-corrected chi connectivity index (χ4v) is 3.76. The van der Waals surface area contributed by atoms with Crippen molar-refractivity contribution in [3.8, 4) is 0 Å². The van der Waals surface area contributed by atoms with Crippen LogP contribution in [0.2, 0.25) is 0 Å². The van der Waals surface area contributed by atoms with Crippen LogP contribution in [0.4, 0.5) is 5.69 Å². The lowest BCUT2D eigenvalue weighted by molar-refractivity contribution is -0.892. The van der Waals surface area contributed by atoms with Gasteiger partial charge in [-0.05, 0) is 30.5 Å². The van der Waals surface area contributed by atoms with E-state index >= 15 is 0 Å². The standard InChI is InChI=1S/C18H23N3OS/c1-15(17-8-5-13-23-17)19-18(22)14-20-9-11-21(12-10-20)16-6-3-2-4-7-16/h2-8,13,15H,9-12,14H2,1H3,(H,19,22)/p+1/t15-/m0/s1. The summed E-state index contributed by atoms with van der Waals surface area (Å²) in [6.45, 7) is 6.65. The van der Waals surface area contributed by atoms with E-state index in [1.807, 2.05) is 24.4 Å². The largest absolute Gasteiger partial charge is 0.360 e. The van der Waals surface area contributed by atoms with Gasteiger partial charge >= 0.3 is 0 Å². The van der Waals surface area contributed by atoms with E-state index in [2.05, 4.69) is 40.5 Å². The minimum atomic E-state index is 0.104. The first-order valence-corrected chi connectivity index (χ1v) is 9.06. The molecule has 0 unspecified atom stereocenters. The van der Waals surface area contributed by atoms with Crippen LogP contribution in [-0.2, 0) is 4.79 Å². The van der Waals surface area contributed by atoms with Gasteiger partial charge in [-0.25, -0.2) is 0 Å². The van der Waals surface area contributed by atoms with E-state index < -0.39 is 0 Å². The van der Waals surface area contributed by atoms with Gasteiger partial charge in [-0.3, -0.25) is 4.79 Å². The highest BCUT2D eigenvalue weighted by Gasteiger charge is 2.23. The highest BCUT2D eigenvalue weighted by atomic mass is 32.1. The van der Waals surface area contributed by atoms with Gasteiger partial charge in [0.25, 0.3) is 5.91 Å². The van der Waals surface area contributed by atoms with E-state index in [1.54, 1.807) is 11.3 Å². The third-order valence-electron chi connectivity index (χ3n) is 4.35. The molecule has 1 aromatic carbocycles. The molecule has 1 aromatic heterocycles. The van der Waals surface area contributed by atoms with Crippen molar-refractivity contribution in [3.05, 3.63) is 52.7 Å². The summed E-state index contributed by atoms with van der Waals surface area (Å²) in [5, 5.41) is 5.16. The molecule has 1 fully saturated rings. The molecule has 4 nitrogen and oxygen atoms in total. The lowest BCUT2D eigenvalue weighted by atomic mass is 10.2. The third kappa shape index (κ3) is 4.33. The van der Waals surface area contributed by atoms with Gasteiger partial charge in [0.2, 0.25) is 0 Å². The first-order chi connectivity index (χ1) is 11.2. The second-order valence-corrected chi connectivity index (χ2v) is 7.03. The van der Waals surface area contributed by atoms with Gasteiger partial charge in [-0.1, -0.05) is 24.3 Å². The van der Waals surface area contributed by atoms with E-state index in [9.17, 15) is 4.79 Å². The summed E-state index contributed by atoms with van der Waals surface area (Å²) in [6, 6.07) is 14.7. The van der Waals surface area contributed by atoms with Gasteiger partial charge in [0.1, 0.15) is 0 Å². The second kappa shape index (κ2) is 7.62. The first-order valence-electron chi connectivity index (χ1n) is 8.18. The van der Waals surface area contributed by atoms with Gasteiger partial charge in [0.05, 0.1) is 32.2 Å². The Labute approximate surface area is 141 Å². The zero-order valence-corrected chi connectivity index (χ0v) is 14.3. The van der Waals surface area contributed by atoms with Crippen LogP contribution in [0.3, 0.4) is 0 Å². The topological polar surface area (TPSA) is 36.8 Å². The molecular weight excluding hydrogens is 306 g/mol. The van der Waals surface area contributed by atoms with Crippen LogP contribution in [0, 0.1) is 0 Å². The Morgan fingerprint density at radius 1 is 1.22 bits per heavy atom. The molecule has 1 saturated heterocycles. The average Bonchev–Trinajstić information content (AvgIpc) is 3.11. The number of anilines is 1. The second-order valence-electron chi connectivity index (χ2n) is 6.05. The number of para-hydroxylation sites is 1. The summed E-state index contributed by atoms with van der Waals surface area (Å²) in [5.41, 5.74) is 1.28. The van der Waals surface area contributed by atoms with Crippen LogP contribution in [0.5, 0.6) is 0 Å². The maximum Gasteiger partial charge on any atom is 0.275 e. The Morgan fingerprint density at radius 2 is 1.96 bits per heavy atom. The van der Waals surface area contributed by atoms with Crippen molar-refractivity contribution in [2.24, 2.45) is 0 Å². The van der Waals surface area contributed by atoms with Crippen molar-refractivity contribution >= 4 is 22.9 Å². The van der Waals surface area contributed by atoms with Gasteiger partial charge in [-0.2, -0.15) is 0 Å². The monoisotopic (exact) mass is 330 g/mol. The lowest BCUT2D eigenvalue weighted by Crippen LogP contribution is -3.15. The van der Waals surface area contributed by atoms with Crippen LogP contribution >= 0.6 is 11.3 Å². The quantitative estimate of drug-likeness (QED) is 0.868. The minimum Gasteiger partial charge on any atom is -0.360 e. The van der Waals surface area contributed by atoms with Crippen molar-refractivity contribution in [2.45, 2.75) is 13.0 Å². The van der Waals surface area contributed by atoms with Gasteiger partial charge in [0.15, 0.2) is 6.54 Å². The Hall–Kier alpha value is -1.85. The number of quaternary nitrogens is 1. The summed E-state index contributed by atoms with van der Waals surface area (Å²) in [4.78, 5) is 17.2. The van der Waals surface area contributed by atoms with E-state index in [0.717, 1.165) is 26.2 Å². The maximum atomic E-state index is 12.2. The molecule has 0 bridgehead atoms. The average molecular weight is 330 g/mol. The van der Waals surface area contributed by atoms with Gasteiger partial charge in [-0.15, -0.1) is 11.3 Å².